The minimum atomic E-state index is -4.41. The Bertz CT molecular complexity index is 1840. The number of hydrogen-bond donors (Lipinski definition) is 1. The van der Waals surface area contributed by atoms with Crippen molar-refractivity contribution in [1.29, 1.82) is 0 Å². The van der Waals surface area contributed by atoms with Crippen molar-refractivity contribution in [1.82, 2.24) is 0 Å². The molecule has 10 heteroatoms. The summed E-state index contributed by atoms with van der Waals surface area (Å²) in [5.41, 5.74) is 0. The molecule has 0 radical (unpaired) electrons. The smallest absolute Gasteiger partial charge is 0.462 e. The van der Waals surface area contributed by atoms with Gasteiger partial charge in [-0.2, -0.15) is 0 Å². The van der Waals surface area contributed by atoms with Crippen molar-refractivity contribution in [2.24, 2.45) is 0 Å². The van der Waals surface area contributed by atoms with Crippen LogP contribution in [0.2, 0.25) is 0 Å². The first-order valence-corrected chi connectivity index (χ1v) is 30.7. The van der Waals surface area contributed by atoms with E-state index in [4.69, 9.17) is 18.5 Å². The van der Waals surface area contributed by atoms with Crippen molar-refractivity contribution in [3.8, 4) is 0 Å². The highest BCUT2D eigenvalue weighted by Crippen LogP contribution is 2.43. The zero-order valence-corrected chi connectivity index (χ0v) is 49.3. The molecule has 0 aliphatic heterocycles. The predicted octanol–water partition coefficient (Wildman–Crippen LogP) is 18.5. The molecule has 0 aromatic heterocycles. The van der Waals surface area contributed by atoms with Gasteiger partial charge in [-0.05, 0) is 128 Å². The monoisotopic (exact) mass is 1070 g/mol. The van der Waals surface area contributed by atoms with Gasteiger partial charge < -0.3 is 18.9 Å². The number of likely N-dealkylation sites (N-methyl/N-ethyl adjacent to an activating group) is 1. The fraction of sp³-hybridized carbons (Fsp3) is 0.576. The van der Waals surface area contributed by atoms with Gasteiger partial charge in [-0.15, -0.1) is 0 Å². The van der Waals surface area contributed by atoms with E-state index in [2.05, 4.69) is 172 Å². The normalized spacial score (nSPS) is 14.4. The summed E-state index contributed by atoms with van der Waals surface area (Å²) in [5, 5.41) is 0. The highest BCUT2D eigenvalue weighted by atomic mass is 31.2. The Morgan fingerprint density at radius 2 is 0.750 bits per heavy atom. The molecule has 0 rings (SSSR count). The van der Waals surface area contributed by atoms with Crippen LogP contribution in [0.4, 0.5) is 0 Å². The Morgan fingerprint density at radius 1 is 0.421 bits per heavy atom. The Kier molecular flexibility index (Phi) is 52.2. The standard InChI is InChI=1S/C66H106NO8P/c1-6-8-10-12-14-16-18-20-21-22-23-24-25-26-27-28-29-30-31-32-33-34-35-36-37-38-39-40-41-42-43-44-45-47-49-51-53-55-57-59-66(69)75-64(63-74-76(70,71)73-61-60-67(3,4)5)62-72-65(68)58-56-54-52-50-48-46-19-17-15-13-11-9-7-2/h8,10,14,16-17,19-21,23-24,26-27,29-30,32-33,35-36,38-39,41-42,44-45,49,51,64H,6-7,9,11-13,15,18,22,25,28,31,34,37,40,43,46-48,50,52-63H2,1-5H3/p+1/b10-8-,16-14-,19-17-,21-20-,24-23-,27-26-,30-29-,33-32-,36-35-,39-38-,42-41-,45-44-,51-49-. The van der Waals surface area contributed by atoms with Crippen LogP contribution < -0.4 is 0 Å². The molecule has 2 unspecified atom stereocenters. The topological polar surface area (TPSA) is 108 Å². The lowest BCUT2D eigenvalue weighted by molar-refractivity contribution is -0.870. The van der Waals surface area contributed by atoms with Crippen LogP contribution in [-0.2, 0) is 32.7 Å². The van der Waals surface area contributed by atoms with Crippen LogP contribution in [0.1, 0.15) is 194 Å². The first-order valence-electron chi connectivity index (χ1n) is 29.2. The quantitative estimate of drug-likeness (QED) is 0.0211. The lowest BCUT2D eigenvalue weighted by Gasteiger charge is -2.24. The molecule has 76 heavy (non-hydrogen) atoms. The molecular weight excluding hydrogens is 966 g/mol. The second-order valence-corrected chi connectivity index (χ2v) is 21.4. The molecule has 0 saturated carbocycles. The molecule has 0 aliphatic carbocycles. The van der Waals surface area contributed by atoms with Gasteiger partial charge in [-0.3, -0.25) is 18.6 Å². The maximum Gasteiger partial charge on any atom is 0.472 e. The summed E-state index contributed by atoms with van der Waals surface area (Å²) < 4.78 is 34.4. The molecule has 1 N–H and O–H groups in total. The summed E-state index contributed by atoms with van der Waals surface area (Å²) in [7, 11) is 1.42. The molecule has 0 amide bonds. The largest absolute Gasteiger partial charge is 0.472 e. The second kappa shape index (κ2) is 55.4. The number of hydrogen-bond acceptors (Lipinski definition) is 7. The third kappa shape index (κ3) is 58.9. The number of carbonyl (C=O) groups is 2. The van der Waals surface area contributed by atoms with Gasteiger partial charge in [-0.25, -0.2) is 4.57 Å². The third-order valence-corrected chi connectivity index (χ3v) is 12.5. The van der Waals surface area contributed by atoms with Crippen LogP contribution in [0.5, 0.6) is 0 Å². The number of carbonyl (C=O) groups excluding carboxylic acids is 2. The summed E-state index contributed by atoms with van der Waals surface area (Å²) in [6.07, 6.45) is 83.3. The van der Waals surface area contributed by atoms with E-state index in [-0.39, 0.29) is 26.1 Å². The average Bonchev–Trinajstić information content (AvgIpc) is 3.38. The summed E-state index contributed by atoms with van der Waals surface area (Å²) >= 11 is 0. The van der Waals surface area contributed by atoms with Gasteiger partial charge in [0.15, 0.2) is 6.10 Å². The summed E-state index contributed by atoms with van der Waals surface area (Å²) in [6, 6.07) is 0. The molecule has 0 aliphatic rings. The van der Waals surface area contributed by atoms with E-state index >= 15 is 0 Å². The Hall–Kier alpha value is -4.37. The molecule has 0 spiro atoms. The maximum atomic E-state index is 12.8. The van der Waals surface area contributed by atoms with Gasteiger partial charge in [0.05, 0.1) is 27.7 Å². The zero-order chi connectivity index (χ0) is 55.6. The van der Waals surface area contributed by atoms with Crippen LogP contribution >= 0.6 is 7.82 Å². The van der Waals surface area contributed by atoms with Crippen molar-refractivity contribution in [2.75, 3.05) is 47.5 Å². The molecule has 0 fully saturated rings. The van der Waals surface area contributed by atoms with Gasteiger partial charge in [0.25, 0.3) is 0 Å². The van der Waals surface area contributed by atoms with E-state index in [9.17, 15) is 19.0 Å². The van der Waals surface area contributed by atoms with Crippen LogP contribution in [0.25, 0.3) is 0 Å². The highest BCUT2D eigenvalue weighted by molar-refractivity contribution is 7.47. The molecular formula is C66H107NO8P+. The van der Waals surface area contributed by atoms with E-state index in [1.807, 2.05) is 21.1 Å². The summed E-state index contributed by atoms with van der Waals surface area (Å²) in [4.78, 5) is 35.5. The molecule has 2 atom stereocenters. The minimum Gasteiger partial charge on any atom is -0.462 e. The predicted molar refractivity (Wildman–Crippen MR) is 325 cm³/mol. The Balaban J connectivity index is 4.25. The SMILES string of the molecule is CC/C=C\C/C=C\C/C=C\C/C=C\C/C=C\C/C=C\C/C=C\C/C=C\C/C=C\C/C=C\C/C=C\C/C=C\CCCCC(=O)OC(COC(=O)CCCCCCC/C=C\CCCCCC)COP(=O)(O)OCC[N+](C)(C)C. The minimum absolute atomic E-state index is 0.0133. The van der Waals surface area contributed by atoms with Gasteiger partial charge in [0, 0.05) is 12.8 Å². The van der Waals surface area contributed by atoms with Crippen LogP contribution in [0.3, 0.4) is 0 Å². The summed E-state index contributed by atoms with van der Waals surface area (Å²) in [6.45, 7) is 4.20. The summed E-state index contributed by atoms with van der Waals surface area (Å²) in [5.74, 6) is -0.873. The lowest BCUT2D eigenvalue weighted by Crippen LogP contribution is -2.37. The number of allylic oxidation sites excluding steroid dienone is 26. The van der Waals surface area contributed by atoms with Crippen LogP contribution in [0, 0.1) is 0 Å². The average molecular weight is 1070 g/mol. The second-order valence-electron chi connectivity index (χ2n) is 19.9. The van der Waals surface area contributed by atoms with Crippen LogP contribution in [-0.4, -0.2) is 74.9 Å². The van der Waals surface area contributed by atoms with Gasteiger partial charge >= 0.3 is 19.8 Å². The van der Waals surface area contributed by atoms with Crippen molar-refractivity contribution in [3.63, 3.8) is 0 Å². The number of ether oxygens (including phenoxy) is 2. The Morgan fingerprint density at radius 3 is 1.16 bits per heavy atom. The maximum absolute atomic E-state index is 12.8. The van der Waals surface area contributed by atoms with Crippen molar-refractivity contribution in [2.45, 2.75) is 200 Å². The Labute approximate surface area is 465 Å². The number of esters is 2. The van der Waals surface area contributed by atoms with Crippen molar-refractivity contribution >= 4 is 19.8 Å². The molecule has 428 valence electrons. The number of rotatable bonds is 51. The lowest BCUT2D eigenvalue weighted by atomic mass is 10.1. The van der Waals surface area contributed by atoms with E-state index < -0.39 is 32.5 Å². The van der Waals surface area contributed by atoms with Crippen LogP contribution in [0.15, 0.2) is 158 Å². The van der Waals surface area contributed by atoms with E-state index in [0.29, 0.717) is 23.9 Å². The molecule has 9 nitrogen and oxygen atoms in total. The number of unbranched alkanes of at least 4 members (excludes halogenated alkanes) is 11. The number of quaternary nitrogens is 1. The molecule has 0 heterocycles. The molecule has 0 bridgehead atoms. The first kappa shape index (κ1) is 71.6. The van der Waals surface area contributed by atoms with Gasteiger partial charge in [0.1, 0.15) is 19.8 Å². The first-order chi connectivity index (χ1) is 37.0. The highest BCUT2D eigenvalue weighted by Gasteiger charge is 2.27. The fourth-order valence-corrected chi connectivity index (χ4v) is 7.79. The number of phosphoric ester groups is 1. The van der Waals surface area contributed by atoms with E-state index in [0.717, 1.165) is 122 Å². The molecule has 0 saturated heterocycles. The van der Waals surface area contributed by atoms with Crippen molar-refractivity contribution < 1.29 is 42.1 Å². The molecule has 0 aromatic rings. The van der Waals surface area contributed by atoms with Gasteiger partial charge in [-0.1, -0.05) is 210 Å². The third-order valence-electron chi connectivity index (χ3n) is 11.5. The van der Waals surface area contributed by atoms with Gasteiger partial charge in [0.2, 0.25) is 0 Å². The number of phosphoric acid groups is 1. The van der Waals surface area contributed by atoms with Crippen molar-refractivity contribution in [3.05, 3.63) is 158 Å². The molecule has 0 aromatic carbocycles. The number of nitrogens with zero attached hydrogens (tertiary/aromatic N) is 1. The van der Waals surface area contributed by atoms with E-state index in [1.54, 1.807) is 0 Å². The fourth-order valence-electron chi connectivity index (χ4n) is 7.05. The van der Waals surface area contributed by atoms with E-state index in [1.165, 1.54) is 32.1 Å². The zero-order valence-electron chi connectivity index (χ0n) is 48.4.